The molecule has 0 radical (unpaired) electrons. The van der Waals surface area contributed by atoms with E-state index in [4.69, 9.17) is 4.74 Å². The monoisotopic (exact) mass is 279 g/mol. The molecule has 2 rings (SSSR count). The summed E-state index contributed by atoms with van der Waals surface area (Å²) >= 11 is 4.61. The van der Waals surface area contributed by atoms with Gasteiger partial charge in [-0.3, -0.25) is 0 Å². The highest BCUT2D eigenvalue weighted by Crippen LogP contribution is 2.34. The third-order valence-electron chi connectivity index (χ3n) is 4.16. The van der Waals surface area contributed by atoms with Gasteiger partial charge in [-0.05, 0) is 50.1 Å². The van der Waals surface area contributed by atoms with Crippen molar-refractivity contribution in [3.63, 3.8) is 0 Å². The zero-order valence-corrected chi connectivity index (χ0v) is 13.0. The van der Waals surface area contributed by atoms with Gasteiger partial charge in [-0.2, -0.15) is 12.6 Å². The molecule has 0 atom stereocenters. The van der Waals surface area contributed by atoms with E-state index >= 15 is 0 Å². The Morgan fingerprint density at radius 1 is 1.32 bits per heavy atom. The summed E-state index contributed by atoms with van der Waals surface area (Å²) in [6.07, 6.45) is 2.25. The molecule has 0 amide bonds. The van der Waals surface area contributed by atoms with E-state index in [0.29, 0.717) is 5.41 Å². The lowest BCUT2D eigenvalue weighted by Gasteiger charge is -2.40. The van der Waals surface area contributed by atoms with Gasteiger partial charge in [0.15, 0.2) is 0 Å². The number of benzene rings is 1. The van der Waals surface area contributed by atoms with Crippen molar-refractivity contribution in [2.45, 2.75) is 26.7 Å². The number of ether oxygens (including phenoxy) is 1. The van der Waals surface area contributed by atoms with Crippen LogP contribution in [0.25, 0.3) is 0 Å². The molecule has 0 saturated carbocycles. The van der Waals surface area contributed by atoms with Crippen molar-refractivity contribution in [3.8, 4) is 0 Å². The van der Waals surface area contributed by atoms with Gasteiger partial charge in [0.2, 0.25) is 0 Å². The molecular formula is C16H25NOS. The molecule has 2 nitrogen and oxygen atoms in total. The summed E-state index contributed by atoms with van der Waals surface area (Å²) < 4.78 is 5.51. The highest BCUT2D eigenvalue weighted by molar-refractivity contribution is 7.80. The van der Waals surface area contributed by atoms with Crippen LogP contribution in [-0.4, -0.2) is 32.1 Å². The highest BCUT2D eigenvalue weighted by atomic mass is 32.1. The standard InChI is InChI=1S/C16H25NOS/c1-3-17(15-6-4-5-14(2)11-15)12-16(13-19)7-9-18-10-8-16/h4-6,11,19H,3,7-10,12-13H2,1-2H3. The molecule has 3 heteroatoms. The number of rotatable bonds is 5. The van der Waals surface area contributed by atoms with Crippen LogP contribution in [0.2, 0.25) is 0 Å². The summed E-state index contributed by atoms with van der Waals surface area (Å²) in [7, 11) is 0. The molecule has 1 saturated heterocycles. The zero-order valence-electron chi connectivity index (χ0n) is 12.1. The van der Waals surface area contributed by atoms with E-state index in [0.717, 1.165) is 44.9 Å². The van der Waals surface area contributed by atoms with Crippen molar-refractivity contribution in [3.05, 3.63) is 29.8 Å². The van der Waals surface area contributed by atoms with E-state index in [-0.39, 0.29) is 0 Å². The maximum Gasteiger partial charge on any atom is 0.0472 e. The van der Waals surface area contributed by atoms with Crippen molar-refractivity contribution in [2.24, 2.45) is 5.41 Å². The molecule has 1 aromatic rings. The predicted octanol–water partition coefficient (Wildman–Crippen LogP) is 3.55. The third kappa shape index (κ3) is 3.67. The van der Waals surface area contributed by atoms with Gasteiger partial charge in [0.1, 0.15) is 0 Å². The minimum atomic E-state index is 0.307. The Labute approximate surface area is 122 Å². The number of thiol groups is 1. The van der Waals surface area contributed by atoms with Crippen LogP contribution in [0.15, 0.2) is 24.3 Å². The second-order valence-corrected chi connectivity index (χ2v) is 5.94. The molecule has 0 bridgehead atoms. The van der Waals surface area contributed by atoms with Crippen molar-refractivity contribution in [1.29, 1.82) is 0 Å². The van der Waals surface area contributed by atoms with Gasteiger partial charge in [-0.25, -0.2) is 0 Å². The topological polar surface area (TPSA) is 12.5 Å². The fraction of sp³-hybridized carbons (Fsp3) is 0.625. The summed E-state index contributed by atoms with van der Waals surface area (Å²) in [5.41, 5.74) is 2.96. The van der Waals surface area contributed by atoms with E-state index in [1.54, 1.807) is 0 Å². The number of hydrogen-bond donors (Lipinski definition) is 1. The van der Waals surface area contributed by atoms with E-state index in [9.17, 15) is 0 Å². The lowest BCUT2D eigenvalue weighted by Crippen LogP contribution is -2.43. The normalized spacial score (nSPS) is 18.3. The molecule has 0 spiro atoms. The average Bonchev–Trinajstić information content (AvgIpc) is 2.46. The fourth-order valence-corrected chi connectivity index (χ4v) is 3.20. The molecule has 0 N–H and O–H groups in total. The summed E-state index contributed by atoms with van der Waals surface area (Å²) in [6.45, 7) is 8.27. The Bertz CT molecular complexity index is 401. The van der Waals surface area contributed by atoms with Crippen molar-refractivity contribution >= 4 is 18.3 Å². The minimum Gasteiger partial charge on any atom is -0.381 e. The Hall–Kier alpha value is -0.670. The first kappa shape index (κ1) is 14.7. The smallest absolute Gasteiger partial charge is 0.0472 e. The summed E-state index contributed by atoms with van der Waals surface area (Å²) in [5, 5.41) is 0. The molecule has 1 aliphatic heterocycles. The quantitative estimate of drug-likeness (QED) is 0.828. The first-order chi connectivity index (χ1) is 9.19. The Morgan fingerprint density at radius 3 is 2.63 bits per heavy atom. The molecule has 1 aromatic carbocycles. The van der Waals surface area contributed by atoms with Gasteiger partial charge >= 0.3 is 0 Å². The van der Waals surface area contributed by atoms with Crippen LogP contribution in [0.4, 0.5) is 5.69 Å². The number of aryl methyl sites for hydroxylation is 1. The summed E-state index contributed by atoms with van der Waals surface area (Å²) in [5.74, 6) is 0.943. The van der Waals surface area contributed by atoms with Gasteiger partial charge in [0.05, 0.1) is 0 Å². The Balaban J connectivity index is 2.13. The molecule has 0 unspecified atom stereocenters. The molecular weight excluding hydrogens is 254 g/mol. The molecule has 19 heavy (non-hydrogen) atoms. The van der Waals surface area contributed by atoms with Gasteiger partial charge in [0, 0.05) is 37.4 Å². The first-order valence-electron chi connectivity index (χ1n) is 7.19. The highest BCUT2D eigenvalue weighted by Gasteiger charge is 2.33. The van der Waals surface area contributed by atoms with Gasteiger partial charge < -0.3 is 9.64 Å². The van der Waals surface area contributed by atoms with Gasteiger partial charge in [-0.1, -0.05) is 12.1 Å². The average molecular weight is 279 g/mol. The molecule has 0 aliphatic carbocycles. The van der Waals surface area contributed by atoms with Crippen LogP contribution in [0, 0.1) is 12.3 Å². The maximum atomic E-state index is 5.51. The van der Waals surface area contributed by atoms with Crippen LogP contribution in [0.1, 0.15) is 25.3 Å². The second kappa shape index (κ2) is 6.67. The molecule has 1 heterocycles. The zero-order chi connectivity index (χ0) is 13.7. The fourth-order valence-electron chi connectivity index (χ4n) is 2.79. The molecule has 1 aliphatic rings. The predicted molar refractivity (Wildman–Crippen MR) is 85.4 cm³/mol. The van der Waals surface area contributed by atoms with Crippen LogP contribution >= 0.6 is 12.6 Å². The van der Waals surface area contributed by atoms with Gasteiger partial charge in [-0.15, -0.1) is 0 Å². The third-order valence-corrected chi connectivity index (χ3v) is 4.83. The number of hydrogen-bond acceptors (Lipinski definition) is 3. The first-order valence-corrected chi connectivity index (χ1v) is 7.82. The van der Waals surface area contributed by atoms with E-state index in [2.05, 4.69) is 55.6 Å². The maximum absolute atomic E-state index is 5.51. The van der Waals surface area contributed by atoms with E-state index in [1.165, 1.54) is 11.3 Å². The van der Waals surface area contributed by atoms with Crippen molar-refractivity contribution < 1.29 is 4.74 Å². The van der Waals surface area contributed by atoms with Crippen molar-refractivity contribution in [1.82, 2.24) is 0 Å². The SMILES string of the molecule is CCN(CC1(CS)CCOCC1)c1cccc(C)c1. The largest absolute Gasteiger partial charge is 0.381 e. The molecule has 0 aromatic heterocycles. The minimum absolute atomic E-state index is 0.307. The van der Waals surface area contributed by atoms with Crippen LogP contribution in [-0.2, 0) is 4.74 Å². The number of nitrogens with zero attached hydrogens (tertiary/aromatic N) is 1. The van der Waals surface area contributed by atoms with E-state index < -0.39 is 0 Å². The summed E-state index contributed by atoms with van der Waals surface area (Å²) in [4.78, 5) is 2.48. The molecule has 106 valence electrons. The Kier molecular flexibility index (Phi) is 5.17. The van der Waals surface area contributed by atoms with E-state index in [1.807, 2.05) is 0 Å². The van der Waals surface area contributed by atoms with Gasteiger partial charge in [0.25, 0.3) is 0 Å². The van der Waals surface area contributed by atoms with Crippen LogP contribution < -0.4 is 4.90 Å². The molecule has 1 fully saturated rings. The number of anilines is 1. The Morgan fingerprint density at radius 2 is 2.05 bits per heavy atom. The second-order valence-electron chi connectivity index (χ2n) is 5.62. The van der Waals surface area contributed by atoms with Crippen LogP contribution in [0.3, 0.4) is 0 Å². The van der Waals surface area contributed by atoms with Crippen LogP contribution in [0.5, 0.6) is 0 Å². The van der Waals surface area contributed by atoms with Crippen molar-refractivity contribution in [2.75, 3.05) is 37.0 Å². The lowest BCUT2D eigenvalue weighted by atomic mass is 9.81. The lowest BCUT2D eigenvalue weighted by molar-refractivity contribution is 0.0297. The summed E-state index contributed by atoms with van der Waals surface area (Å²) in [6, 6.07) is 8.78.